The molecule has 1 rings (SSSR count). The number of amides is 2. The molecule has 1 aromatic rings. The van der Waals surface area contributed by atoms with Crippen molar-refractivity contribution in [2.75, 3.05) is 0 Å². The fourth-order valence-electron chi connectivity index (χ4n) is 1.55. The van der Waals surface area contributed by atoms with E-state index in [9.17, 15) is 9.59 Å². The zero-order valence-electron chi connectivity index (χ0n) is 12.3. The highest BCUT2D eigenvalue weighted by molar-refractivity contribution is 6.35. The normalized spacial score (nSPS) is 11.1. The van der Waals surface area contributed by atoms with Crippen molar-refractivity contribution in [2.24, 2.45) is 5.10 Å². The molecule has 0 atom stereocenters. The van der Waals surface area contributed by atoms with E-state index in [1.807, 2.05) is 6.92 Å². The maximum Gasteiger partial charge on any atom is 0.329 e. The zero-order chi connectivity index (χ0) is 15.7. The largest absolute Gasteiger partial charge is 0.344 e. The Balaban J connectivity index is 2.37. The standard InChI is InChI=1S/C15H20ClN3O2/c1-3-4-5-11(2)18-19-15(21)14(20)17-10-12-6-8-13(16)9-7-12/h6-9H,3-5,10H2,1-2H3,(H,17,20)(H,19,21)/b18-11+. The van der Waals surface area contributed by atoms with Gasteiger partial charge in [-0.2, -0.15) is 5.10 Å². The number of rotatable bonds is 6. The van der Waals surface area contributed by atoms with Crippen LogP contribution in [-0.4, -0.2) is 17.5 Å². The van der Waals surface area contributed by atoms with Crippen LogP contribution in [0.25, 0.3) is 0 Å². The van der Waals surface area contributed by atoms with Gasteiger partial charge in [0.1, 0.15) is 0 Å². The third kappa shape index (κ3) is 6.90. The van der Waals surface area contributed by atoms with Crippen LogP contribution in [0.5, 0.6) is 0 Å². The van der Waals surface area contributed by atoms with Crippen molar-refractivity contribution in [1.82, 2.24) is 10.7 Å². The molecule has 114 valence electrons. The monoisotopic (exact) mass is 309 g/mol. The first-order valence-electron chi connectivity index (χ1n) is 6.88. The molecule has 0 fully saturated rings. The van der Waals surface area contributed by atoms with Gasteiger partial charge in [0.05, 0.1) is 0 Å². The van der Waals surface area contributed by atoms with Crippen molar-refractivity contribution < 1.29 is 9.59 Å². The summed E-state index contributed by atoms with van der Waals surface area (Å²) >= 11 is 5.77. The second kappa shape index (κ2) is 9.13. The number of hydrazone groups is 1. The van der Waals surface area contributed by atoms with Gasteiger partial charge in [0.25, 0.3) is 0 Å². The molecule has 0 saturated heterocycles. The van der Waals surface area contributed by atoms with E-state index in [4.69, 9.17) is 11.6 Å². The van der Waals surface area contributed by atoms with Gasteiger partial charge in [0.2, 0.25) is 0 Å². The molecule has 5 nitrogen and oxygen atoms in total. The first kappa shape index (κ1) is 17.2. The smallest absolute Gasteiger partial charge is 0.329 e. The van der Waals surface area contributed by atoms with Crippen molar-refractivity contribution in [1.29, 1.82) is 0 Å². The minimum Gasteiger partial charge on any atom is -0.344 e. The van der Waals surface area contributed by atoms with Crippen molar-refractivity contribution >= 4 is 29.1 Å². The average molecular weight is 310 g/mol. The maximum absolute atomic E-state index is 11.6. The van der Waals surface area contributed by atoms with Crippen molar-refractivity contribution in [3.05, 3.63) is 34.9 Å². The topological polar surface area (TPSA) is 70.6 Å². The summed E-state index contributed by atoms with van der Waals surface area (Å²) in [6.45, 7) is 4.17. The predicted octanol–water partition coefficient (Wildman–Crippen LogP) is 2.64. The molecule has 0 aliphatic heterocycles. The Bertz CT molecular complexity index is 512. The number of benzene rings is 1. The van der Waals surface area contributed by atoms with Crippen LogP contribution in [0.3, 0.4) is 0 Å². The molecule has 0 saturated carbocycles. The third-order valence-electron chi connectivity index (χ3n) is 2.81. The molecule has 21 heavy (non-hydrogen) atoms. The number of halogens is 1. The molecule has 2 amide bonds. The van der Waals surface area contributed by atoms with Crippen LogP contribution in [0.4, 0.5) is 0 Å². The Morgan fingerprint density at radius 1 is 1.19 bits per heavy atom. The van der Waals surface area contributed by atoms with Crippen LogP contribution in [0, 0.1) is 0 Å². The van der Waals surface area contributed by atoms with E-state index in [1.54, 1.807) is 24.3 Å². The highest BCUT2D eigenvalue weighted by Gasteiger charge is 2.12. The van der Waals surface area contributed by atoms with E-state index in [-0.39, 0.29) is 6.54 Å². The lowest BCUT2D eigenvalue weighted by Gasteiger charge is -2.05. The van der Waals surface area contributed by atoms with E-state index >= 15 is 0 Å². The molecular weight excluding hydrogens is 290 g/mol. The maximum atomic E-state index is 11.6. The Morgan fingerprint density at radius 3 is 2.48 bits per heavy atom. The number of carbonyl (C=O) groups is 2. The van der Waals surface area contributed by atoms with Gasteiger partial charge in [0, 0.05) is 17.3 Å². The summed E-state index contributed by atoms with van der Waals surface area (Å²) in [6.07, 6.45) is 2.87. The summed E-state index contributed by atoms with van der Waals surface area (Å²) in [5.41, 5.74) is 3.92. The molecular formula is C15H20ClN3O2. The number of carbonyl (C=O) groups excluding carboxylic acids is 2. The lowest BCUT2D eigenvalue weighted by atomic mass is 10.2. The highest BCUT2D eigenvalue weighted by Crippen LogP contribution is 2.08. The Labute approximate surface area is 129 Å². The summed E-state index contributed by atoms with van der Waals surface area (Å²) < 4.78 is 0. The Hall–Kier alpha value is -1.88. The van der Waals surface area contributed by atoms with Crippen LogP contribution in [0.15, 0.2) is 29.4 Å². The summed E-state index contributed by atoms with van der Waals surface area (Å²) in [5.74, 6) is -1.48. The molecule has 0 unspecified atom stereocenters. The molecule has 6 heteroatoms. The molecule has 2 N–H and O–H groups in total. The second-order valence-electron chi connectivity index (χ2n) is 4.70. The van der Waals surface area contributed by atoms with Crippen molar-refractivity contribution in [3.63, 3.8) is 0 Å². The number of unbranched alkanes of at least 4 members (excludes halogenated alkanes) is 1. The lowest BCUT2D eigenvalue weighted by molar-refractivity contribution is -0.139. The van der Waals surface area contributed by atoms with E-state index in [1.165, 1.54) is 0 Å². The first-order valence-corrected chi connectivity index (χ1v) is 7.26. The third-order valence-corrected chi connectivity index (χ3v) is 3.06. The molecule has 0 spiro atoms. The summed E-state index contributed by atoms with van der Waals surface area (Å²) in [7, 11) is 0. The van der Waals surface area contributed by atoms with Crippen LogP contribution in [0.2, 0.25) is 5.02 Å². The minimum absolute atomic E-state index is 0.266. The van der Waals surface area contributed by atoms with E-state index < -0.39 is 11.8 Å². The van der Waals surface area contributed by atoms with Gasteiger partial charge in [-0.25, -0.2) is 5.43 Å². The Kier molecular flexibility index (Phi) is 7.46. The number of nitrogens with zero attached hydrogens (tertiary/aromatic N) is 1. The van der Waals surface area contributed by atoms with Gasteiger partial charge in [-0.3, -0.25) is 9.59 Å². The van der Waals surface area contributed by atoms with Crippen LogP contribution >= 0.6 is 11.6 Å². The molecule has 0 heterocycles. The first-order chi connectivity index (χ1) is 10.0. The molecule has 0 bridgehead atoms. The van der Waals surface area contributed by atoms with Gasteiger partial charge in [-0.15, -0.1) is 0 Å². The van der Waals surface area contributed by atoms with E-state index in [0.717, 1.165) is 30.5 Å². The fourth-order valence-corrected chi connectivity index (χ4v) is 1.68. The van der Waals surface area contributed by atoms with E-state index in [2.05, 4.69) is 22.8 Å². The Morgan fingerprint density at radius 2 is 1.86 bits per heavy atom. The minimum atomic E-state index is -0.764. The van der Waals surface area contributed by atoms with Gasteiger partial charge in [0.15, 0.2) is 0 Å². The quantitative estimate of drug-likeness (QED) is 0.482. The lowest BCUT2D eigenvalue weighted by Crippen LogP contribution is -2.37. The van der Waals surface area contributed by atoms with Crippen molar-refractivity contribution in [3.8, 4) is 0 Å². The molecule has 0 radical (unpaired) electrons. The molecule has 0 aliphatic carbocycles. The molecule has 0 aromatic heterocycles. The zero-order valence-corrected chi connectivity index (χ0v) is 13.0. The number of nitrogens with one attached hydrogen (secondary N) is 2. The fraction of sp³-hybridized carbons (Fsp3) is 0.400. The van der Waals surface area contributed by atoms with Crippen LogP contribution in [0.1, 0.15) is 38.7 Å². The van der Waals surface area contributed by atoms with Gasteiger partial charge in [-0.05, 0) is 37.5 Å². The second-order valence-corrected chi connectivity index (χ2v) is 5.14. The van der Waals surface area contributed by atoms with Gasteiger partial charge >= 0.3 is 11.8 Å². The summed E-state index contributed by atoms with van der Waals surface area (Å²) in [6, 6.07) is 7.02. The average Bonchev–Trinajstić information content (AvgIpc) is 2.49. The van der Waals surface area contributed by atoms with Gasteiger partial charge in [-0.1, -0.05) is 37.1 Å². The van der Waals surface area contributed by atoms with Crippen LogP contribution < -0.4 is 10.7 Å². The number of hydrogen-bond acceptors (Lipinski definition) is 3. The van der Waals surface area contributed by atoms with E-state index in [0.29, 0.717) is 5.02 Å². The van der Waals surface area contributed by atoms with Crippen LogP contribution in [-0.2, 0) is 16.1 Å². The number of hydrogen-bond donors (Lipinski definition) is 2. The van der Waals surface area contributed by atoms with Gasteiger partial charge < -0.3 is 5.32 Å². The SMILES string of the molecule is CCCC/C(C)=N/NC(=O)C(=O)NCc1ccc(Cl)cc1. The summed E-state index contributed by atoms with van der Waals surface area (Å²) in [4.78, 5) is 23.1. The summed E-state index contributed by atoms with van der Waals surface area (Å²) in [5, 5.41) is 7.03. The molecule has 1 aromatic carbocycles. The molecule has 0 aliphatic rings. The highest BCUT2D eigenvalue weighted by atomic mass is 35.5. The predicted molar refractivity (Wildman–Crippen MR) is 84.1 cm³/mol. The van der Waals surface area contributed by atoms with Crippen molar-refractivity contribution in [2.45, 2.75) is 39.7 Å².